The summed E-state index contributed by atoms with van der Waals surface area (Å²) in [5.74, 6) is -2.18. The van der Waals surface area contributed by atoms with E-state index in [1.165, 1.54) is 29.2 Å². The fraction of sp³-hybridized carbons (Fsp3) is 0.281. The second-order valence-corrected chi connectivity index (χ2v) is 10.3. The van der Waals surface area contributed by atoms with Crippen LogP contribution in [0.1, 0.15) is 35.1 Å². The van der Waals surface area contributed by atoms with Gasteiger partial charge in [0.05, 0.1) is 5.56 Å². The highest BCUT2D eigenvalue weighted by molar-refractivity contribution is 6.00. The maximum Gasteiger partial charge on any atom is 0.586 e. The number of likely N-dealkylation sites (N-methyl/N-ethyl adjacent to an activating group) is 1. The Morgan fingerprint density at radius 2 is 1.79 bits per heavy atom. The van der Waals surface area contributed by atoms with Crippen molar-refractivity contribution in [2.24, 2.45) is 0 Å². The van der Waals surface area contributed by atoms with Crippen molar-refractivity contribution in [3.8, 4) is 23.0 Å². The number of hydrogen-bond acceptors (Lipinski definition) is 6. The van der Waals surface area contributed by atoms with E-state index in [-0.39, 0.29) is 46.6 Å². The van der Waals surface area contributed by atoms with E-state index in [0.29, 0.717) is 54.6 Å². The summed E-state index contributed by atoms with van der Waals surface area (Å²) in [4.78, 5) is 13.0. The van der Waals surface area contributed by atoms with Gasteiger partial charge in [0.25, 0.3) is 0 Å². The minimum atomic E-state index is -3.81. The first-order valence-electron chi connectivity index (χ1n) is 13.7. The third-order valence-corrected chi connectivity index (χ3v) is 7.06. The first kappa shape index (κ1) is 30.0. The number of amides is 1. The molecule has 0 aromatic heterocycles. The van der Waals surface area contributed by atoms with E-state index in [1.54, 1.807) is 38.4 Å². The summed E-state index contributed by atoms with van der Waals surface area (Å²) in [7, 11) is 3.30. The van der Waals surface area contributed by atoms with E-state index >= 15 is 8.78 Å². The van der Waals surface area contributed by atoms with Gasteiger partial charge in [0.2, 0.25) is 5.91 Å². The molecule has 11 heteroatoms. The number of nitrogens with zero attached hydrogens (tertiary/aromatic N) is 1. The number of fused-ring (bicyclic) bond motifs is 2. The Balaban J connectivity index is 1.45. The second-order valence-electron chi connectivity index (χ2n) is 10.3. The Labute approximate surface area is 246 Å². The first-order chi connectivity index (χ1) is 20.5. The Bertz CT molecular complexity index is 1580. The second kappa shape index (κ2) is 12.4. The molecule has 3 aromatic rings. The summed E-state index contributed by atoms with van der Waals surface area (Å²) in [6, 6.07) is 11.1. The van der Waals surface area contributed by atoms with Crippen molar-refractivity contribution in [2.45, 2.75) is 25.6 Å². The number of nitrogens with one attached hydrogen (secondary N) is 1. The van der Waals surface area contributed by atoms with E-state index in [0.717, 1.165) is 12.1 Å². The van der Waals surface area contributed by atoms with Crippen LogP contribution in [0, 0.1) is 11.6 Å². The smallest absolute Gasteiger partial charge is 0.508 e. The number of hydrogen-bond donors (Lipinski definition) is 2. The normalized spacial score (nSPS) is 15.4. The number of benzene rings is 3. The van der Waals surface area contributed by atoms with Crippen molar-refractivity contribution < 1.29 is 41.7 Å². The summed E-state index contributed by atoms with van der Waals surface area (Å²) >= 11 is 0. The summed E-state index contributed by atoms with van der Waals surface area (Å²) in [5, 5.41) is 13.2. The van der Waals surface area contributed by atoms with Crippen molar-refractivity contribution in [1.82, 2.24) is 10.2 Å². The molecule has 1 amide bonds. The maximum atomic E-state index is 15.8. The highest BCUT2D eigenvalue weighted by atomic mass is 19.3. The molecule has 3 aromatic carbocycles. The molecule has 5 rings (SSSR count). The fourth-order valence-corrected chi connectivity index (χ4v) is 5.09. The van der Waals surface area contributed by atoms with Crippen molar-refractivity contribution in [3.63, 3.8) is 0 Å². The molecule has 1 aliphatic carbocycles. The molecule has 0 radical (unpaired) electrons. The lowest BCUT2D eigenvalue weighted by molar-refractivity contribution is -0.286. The van der Waals surface area contributed by atoms with Crippen molar-refractivity contribution in [3.05, 3.63) is 94.6 Å². The molecule has 0 fully saturated rings. The number of aryl methyl sites for hydroxylation is 1. The van der Waals surface area contributed by atoms with Crippen LogP contribution in [-0.4, -0.2) is 56.0 Å². The van der Waals surface area contributed by atoms with Gasteiger partial charge in [-0.05, 0) is 71.4 Å². The quantitative estimate of drug-likeness (QED) is 0.182. The molecule has 7 nitrogen and oxygen atoms in total. The highest BCUT2D eigenvalue weighted by Gasteiger charge is 2.43. The largest absolute Gasteiger partial charge is 0.586 e. The molecule has 0 saturated heterocycles. The minimum Gasteiger partial charge on any atom is -0.508 e. The highest BCUT2D eigenvalue weighted by Crippen LogP contribution is 2.47. The number of phenolic OH excluding ortho intramolecular Hbond substituents is 1. The van der Waals surface area contributed by atoms with Crippen LogP contribution in [0.5, 0.6) is 23.0 Å². The molecule has 0 spiro atoms. The van der Waals surface area contributed by atoms with Crippen LogP contribution in [-0.2, 0) is 11.2 Å². The zero-order valence-corrected chi connectivity index (χ0v) is 23.6. The summed E-state index contributed by atoms with van der Waals surface area (Å²) < 4.78 is 73.8. The van der Waals surface area contributed by atoms with Gasteiger partial charge in [-0.3, -0.25) is 4.79 Å². The third kappa shape index (κ3) is 6.77. The van der Waals surface area contributed by atoms with Crippen molar-refractivity contribution in [1.29, 1.82) is 0 Å². The van der Waals surface area contributed by atoms with Gasteiger partial charge in [-0.25, -0.2) is 8.78 Å². The minimum absolute atomic E-state index is 0.00844. The molecule has 0 saturated carbocycles. The van der Waals surface area contributed by atoms with Crippen LogP contribution in [0.4, 0.5) is 17.6 Å². The van der Waals surface area contributed by atoms with E-state index in [2.05, 4.69) is 14.8 Å². The predicted molar refractivity (Wildman–Crippen MR) is 152 cm³/mol. The molecule has 2 aliphatic rings. The average Bonchev–Trinajstić information content (AvgIpc) is 3.14. The van der Waals surface area contributed by atoms with Crippen molar-refractivity contribution >= 4 is 17.1 Å². The van der Waals surface area contributed by atoms with Crippen LogP contribution < -0.4 is 19.5 Å². The lowest BCUT2D eigenvalue weighted by Gasteiger charge is -2.19. The topological polar surface area (TPSA) is 80.3 Å². The van der Waals surface area contributed by atoms with Gasteiger partial charge < -0.3 is 29.5 Å². The number of carbonyl (C=O) groups excluding carboxylic acids is 1. The molecular formula is C32H30F4N2O5. The molecule has 0 unspecified atom stereocenters. The number of rotatable bonds is 9. The van der Waals surface area contributed by atoms with Gasteiger partial charge in [-0.2, -0.15) is 0 Å². The number of allylic oxidation sites excluding steroid dienone is 1. The van der Waals surface area contributed by atoms with Crippen LogP contribution in [0.2, 0.25) is 0 Å². The summed E-state index contributed by atoms with van der Waals surface area (Å²) in [6.45, 7) is 0.889. The molecule has 0 atom stereocenters. The number of phenols is 1. The van der Waals surface area contributed by atoms with Crippen LogP contribution in [0.3, 0.4) is 0 Å². The van der Waals surface area contributed by atoms with Gasteiger partial charge in [-0.1, -0.05) is 18.2 Å². The van der Waals surface area contributed by atoms with Gasteiger partial charge in [0.1, 0.15) is 29.7 Å². The molecular weight excluding hydrogens is 568 g/mol. The first-order valence-corrected chi connectivity index (χ1v) is 13.7. The summed E-state index contributed by atoms with van der Waals surface area (Å²) in [5.41, 5.74) is 2.15. The van der Waals surface area contributed by atoms with E-state index in [4.69, 9.17) is 4.74 Å². The predicted octanol–water partition coefficient (Wildman–Crippen LogP) is 5.90. The Kier molecular flexibility index (Phi) is 8.63. The van der Waals surface area contributed by atoms with E-state index < -0.39 is 17.9 Å². The molecule has 226 valence electrons. The van der Waals surface area contributed by atoms with Gasteiger partial charge in [-0.15, -0.1) is 8.78 Å². The lowest BCUT2D eigenvalue weighted by atomic mass is 9.87. The maximum absolute atomic E-state index is 15.8. The third-order valence-electron chi connectivity index (χ3n) is 7.06. The number of halogens is 4. The number of aromatic hydroxyl groups is 1. The Hall–Kier alpha value is -4.51. The SMILES string of the molecule is CN(C)C(=O)/C=C/CNCCOc1cc(F)c(C2=C(c3ccc4c(c3)OC(F)(F)O4)CCCc3cc(O)ccc32)c(F)c1. The average molecular weight is 599 g/mol. The molecule has 1 heterocycles. The van der Waals surface area contributed by atoms with Gasteiger partial charge in [0, 0.05) is 45.4 Å². The van der Waals surface area contributed by atoms with E-state index in [9.17, 15) is 18.7 Å². The van der Waals surface area contributed by atoms with Gasteiger partial charge in [0.15, 0.2) is 11.5 Å². The molecule has 0 bridgehead atoms. The standard InChI is InChI=1S/C32H30F4N2O5/c1-38(2)29(40)7-4-12-37-13-14-41-22-17-25(33)31(26(34)18-22)30-23(6-3-5-19-15-21(39)9-10-24(19)30)20-8-11-27-28(16-20)43-32(35,36)42-27/h4,7-11,15-18,37,39H,3,5-6,12-14H2,1-2H3/b7-4+. The van der Waals surface area contributed by atoms with E-state index in [1.807, 2.05) is 0 Å². The summed E-state index contributed by atoms with van der Waals surface area (Å²) in [6.07, 6.45) is 0.768. The Morgan fingerprint density at radius 3 is 2.53 bits per heavy atom. The zero-order valence-electron chi connectivity index (χ0n) is 23.6. The van der Waals surface area contributed by atoms with Crippen LogP contribution >= 0.6 is 0 Å². The Morgan fingerprint density at radius 1 is 1.05 bits per heavy atom. The monoisotopic (exact) mass is 598 g/mol. The molecule has 43 heavy (non-hydrogen) atoms. The lowest BCUT2D eigenvalue weighted by Crippen LogP contribution is -2.25. The number of alkyl halides is 2. The molecule has 2 N–H and O–H groups in total. The fourth-order valence-electron chi connectivity index (χ4n) is 5.09. The van der Waals surface area contributed by atoms with Crippen molar-refractivity contribution in [2.75, 3.05) is 33.8 Å². The van der Waals surface area contributed by atoms with Gasteiger partial charge >= 0.3 is 6.29 Å². The van der Waals surface area contributed by atoms with Crippen LogP contribution in [0.25, 0.3) is 11.1 Å². The van der Waals surface area contributed by atoms with Crippen LogP contribution in [0.15, 0.2) is 60.7 Å². The molecule has 1 aliphatic heterocycles. The zero-order chi connectivity index (χ0) is 30.7. The number of carbonyl (C=O) groups is 1. The number of ether oxygens (including phenoxy) is 3.